The van der Waals surface area contributed by atoms with Gasteiger partial charge in [0.25, 0.3) is 5.56 Å². The van der Waals surface area contributed by atoms with Gasteiger partial charge < -0.3 is 9.80 Å². The molecule has 1 amide bonds. The molecule has 0 unspecified atom stereocenters. The smallest absolute Gasteiger partial charge is 0.257 e. The molecule has 6 nitrogen and oxygen atoms in total. The molecule has 0 aliphatic carbocycles. The molecule has 1 aromatic heterocycles. The second-order valence-electron chi connectivity index (χ2n) is 7.06. The van der Waals surface area contributed by atoms with Crippen molar-refractivity contribution in [2.24, 2.45) is 5.92 Å². The van der Waals surface area contributed by atoms with Crippen molar-refractivity contribution >= 4 is 46.6 Å². The van der Waals surface area contributed by atoms with Crippen molar-refractivity contribution in [3.8, 4) is 0 Å². The highest BCUT2D eigenvalue weighted by Crippen LogP contribution is 2.29. The van der Waals surface area contributed by atoms with Gasteiger partial charge >= 0.3 is 0 Å². The summed E-state index contributed by atoms with van der Waals surface area (Å²) in [5.41, 5.74) is 1.56. The van der Waals surface area contributed by atoms with Crippen LogP contribution in [0, 0.1) is 12.8 Å². The highest BCUT2D eigenvalue weighted by molar-refractivity contribution is 7.99. The van der Waals surface area contributed by atoms with Crippen LogP contribution in [0.15, 0.2) is 34.3 Å². The summed E-state index contributed by atoms with van der Waals surface area (Å²) in [6, 6.07) is 5.60. The molecule has 0 spiro atoms. The van der Waals surface area contributed by atoms with Gasteiger partial charge in [0, 0.05) is 55.9 Å². The van der Waals surface area contributed by atoms with E-state index in [1.54, 1.807) is 23.8 Å². The van der Waals surface area contributed by atoms with Crippen LogP contribution >= 0.6 is 35.0 Å². The third-order valence-electron chi connectivity index (χ3n) is 5.21. The number of anilines is 1. The van der Waals surface area contributed by atoms with E-state index >= 15 is 0 Å². The van der Waals surface area contributed by atoms with Crippen LogP contribution in [0.4, 0.5) is 5.69 Å². The Hall–Kier alpha value is -1.70. The number of hydrogen-bond donors (Lipinski definition) is 0. The molecule has 3 heterocycles. The Labute approximate surface area is 177 Å². The predicted octanol–water partition coefficient (Wildman–Crippen LogP) is 2.93. The van der Waals surface area contributed by atoms with Gasteiger partial charge in [0.05, 0.1) is 16.0 Å². The summed E-state index contributed by atoms with van der Waals surface area (Å²) in [4.78, 5) is 33.8. The van der Waals surface area contributed by atoms with Crippen molar-refractivity contribution in [2.45, 2.75) is 18.6 Å². The Morgan fingerprint density at radius 3 is 2.64 bits per heavy atom. The summed E-state index contributed by atoms with van der Waals surface area (Å²) >= 11 is 13.6. The number of benzene rings is 1. The molecular weight excluding hydrogens is 419 g/mol. The van der Waals surface area contributed by atoms with Crippen LogP contribution in [0.2, 0.25) is 10.0 Å². The van der Waals surface area contributed by atoms with E-state index in [1.807, 2.05) is 17.0 Å². The Bertz CT molecular complexity index is 973. The molecule has 2 aromatic rings. The minimum atomic E-state index is -0.199. The zero-order valence-corrected chi connectivity index (χ0v) is 17.7. The van der Waals surface area contributed by atoms with Crippen LogP contribution in [-0.4, -0.2) is 52.3 Å². The van der Waals surface area contributed by atoms with Gasteiger partial charge in [-0.05, 0) is 25.1 Å². The maximum Gasteiger partial charge on any atom is 0.257 e. The first-order valence-corrected chi connectivity index (χ1v) is 10.9. The lowest BCUT2D eigenvalue weighted by Crippen LogP contribution is -2.52. The highest BCUT2D eigenvalue weighted by atomic mass is 35.5. The van der Waals surface area contributed by atoms with Crippen LogP contribution in [-0.2, 0) is 11.3 Å². The zero-order valence-electron chi connectivity index (χ0n) is 15.4. The van der Waals surface area contributed by atoms with E-state index in [0.717, 1.165) is 18.8 Å². The van der Waals surface area contributed by atoms with E-state index in [2.05, 4.69) is 9.88 Å². The van der Waals surface area contributed by atoms with E-state index in [0.29, 0.717) is 46.2 Å². The molecule has 0 radical (unpaired) electrons. The number of carbonyl (C=O) groups is 1. The zero-order chi connectivity index (χ0) is 19.8. The number of piperazine rings is 1. The average Bonchev–Trinajstić information content (AvgIpc) is 2.72. The molecule has 1 atom stereocenters. The van der Waals surface area contributed by atoms with E-state index in [1.165, 1.54) is 11.8 Å². The highest BCUT2D eigenvalue weighted by Gasteiger charge is 2.32. The molecule has 28 heavy (non-hydrogen) atoms. The molecule has 1 aromatic carbocycles. The first kappa shape index (κ1) is 19.6. The van der Waals surface area contributed by atoms with Gasteiger partial charge in [0.1, 0.15) is 0 Å². The molecule has 1 saturated heterocycles. The number of thioether (sulfide) groups is 1. The molecule has 9 heteroatoms. The van der Waals surface area contributed by atoms with Gasteiger partial charge in [0.15, 0.2) is 5.16 Å². The van der Waals surface area contributed by atoms with Crippen LogP contribution in [0.1, 0.15) is 5.56 Å². The monoisotopic (exact) mass is 438 g/mol. The SMILES string of the molecule is Cc1cnc2n(c1=O)C[C@H](C(=O)N1CCN(c3ccc(Cl)c(Cl)c3)CC1)CS2. The summed E-state index contributed by atoms with van der Waals surface area (Å²) in [5.74, 6) is 0.567. The largest absolute Gasteiger partial charge is 0.368 e. The topological polar surface area (TPSA) is 58.4 Å². The number of halogens is 2. The summed E-state index contributed by atoms with van der Waals surface area (Å²) in [6.07, 6.45) is 1.60. The number of nitrogens with zero attached hydrogens (tertiary/aromatic N) is 4. The summed E-state index contributed by atoms with van der Waals surface area (Å²) in [7, 11) is 0. The van der Waals surface area contributed by atoms with Crippen LogP contribution in [0.5, 0.6) is 0 Å². The predicted molar refractivity (Wildman–Crippen MR) is 113 cm³/mol. The number of hydrogen-bond acceptors (Lipinski definition) is 5. The van der Waals surface area contributed by atoms with Crippen molar-refractivity contribution < 1.29 is 4.79 Å². The van der Waals surface area contributed by atoms with Crippen molar-refractivity contribution in [3.63, 3.8) is 0 Å². The van der Waals surface area contributed by atoms with Gasteiger partial charge in [-0.1, -0.05) is 35.0 Å². The number of rotatable bonds is 2. The first-order valence-electron chi connectivity index (χ1n) is 9.12. The fourth-order valence-electron chi connectivity index (χ4n) is 3.58. The summed E-state index contributed by atoms with van der Waals surface area (Å²) in [5, 5.41) is 1.77. The van der Waals surface area contributed by atoms with E-state index in [4.69, 9.17) is 23.2 Å². The Morgan fingerprint density at radius 1 is 1.18 bits per heavy atom. The van der Waals surface area contributed by atoms with Crippen LogP contribution in [0.25, 0.3) is 0 Å². The lowest BCUT2D eigenvalue weighted by Gasteiger charge is -2.38. The fraction of sp³-hybridized carbons (Fsp3) is 0.421. The molecule has 0 saturated carbocycles. The van der Waals surface area contributed by atoms with Gasteiger partial charge in [-0.25, -0.2) is 4.98 Å². The Kier molecular flexibility index (Phi) is 5.58. The molecule has 2 aliphatic rings. The third kappa shape index (κ3) is 3.75. The standard InChI is InChI=1S/C19H20Cl2N4O2S/c1-12-9-22-19-25(17(12)26)10-13(11-28-19)18(27)24-6-4-23(5-7-24)14-2-3-15(20)16(21)8-14/h2-3,8-9,13H,4-7,10-11H2,1H3/t13-/m0/s1. The number of aryl methyl sites for hydroxylation is 1. The summed E-state index contributed by atoms with van der Waals surface area (Å²) in [6.45, 7) is 4.92. The molecule has 0 N–H and O–H groups in total. The molecule has 2 aliphatic heterocycles. The lowest BCUT2D eigenvalue weighted by atomic mass is 10.1. The third-order valence-corrected chi connectivity index (χ3v) is 7.10. The lowest BCUT2D eigenvalue weighted by molar-refractivity contribution is -0.135. The molecule has 1 fully saturated rings. The van der Waals surface area contributed by atoms with Gasteiger partial charge in [-0.3, -0.25) is 14.2 Å². The second-order valence-corrected chi connectivity index (χ2v) is 8.86. The van der Waals surface area contributed by atoms with Crippen molar-refractivity contribution in [2.75, 3.05) is 36.8 Å². The Morgan fingerprint density at radius 2 is 1.93 bits per heavy atom. The fourth-order valence-corrected chi connectivity index (χ4v) is 4.91. The average molecular weight is 439 g/mol. The number of carbonyl (C=O) groups excluding carboxylic acids is 1. The van der Waals surface area contributed by atoms with Crippen molar-refractivity contribution in [1.82, 2.24) is 14.5 Å². The summed E-state index contributed by atoms with van der Waals surface area (Å²) < 4.78 is 1.64. The van der Waals surface area contributed by atoms with Crippen molar-refractivity contribution in [1.29, 1.82) is 0 Å². The van der Waals surface area contributed by atoms with E-state index in [-0.39, 0.29) is 17.4 Å². The molecule has 4 rings (SSSR count). The van der Waals surface area contributed by atoms with Gasteiger partial charge in [-0.2, -0.15) is 0 Å². The number of fused-ring (bicyclic) bond motifs is 1. The van der Waals surface area contributed by atoms with Gasteiger partial charge in [-0.15, -0.1) is 0 Å². The maximum absolute atomic E-state index is 13.0. The van der Waals surface area contributed by atoms with Gasteiger partial charge in [0.2, 0.25) is 5.91 Å². The minimum Gasteiger partial charge on any atom is -0.368 e. The van der Waals surface area contributed by atoms with Crippen molar-refractivity contribution in [3.05, 3.63) is 50.4 Å². The van der Waals surface area contributed by atoms with Crippen LogP contribution in [0.3, 0.4) is 0 Å². The molecular formula is C19H20Cl2N4O2S. The Balaban J connectivity index is 1.41. The second kappa shape index (κ2) is 7.97. The van der Waals surface area contributed by atoms with Crippen LogP contribution < -0.4 is 10.5 Å². The minimum absolute atomic E-state index is 0.0561. The molecule has 0 bridgehead atoms. The number of aromatic nitrogens is 2. The number of amides is 1. The van der Waals surface area contributed by atoms with E-state index in [9.17, 15) is 9.59 Å². The quantitative estimate of drug-likeness (QED) is 0.674. The first-order chi connectivity index (χ1) is 13.4. The normalized spacial score (nSPS) is 19.5. The van der Waals surface area contributed by atoms with E-state index < -0.39 is 0 Å². The molecule has 148 valence electrons. The maximum atomic E-state index is 13.0.